The number of thioether (sulfide) groups is 1. The molecular weight excluding hydrogens is 332 g/mol. The average molecular weight is 354 g/mol. The Hall–Kier alpha value is -2.08. The molecule has 0 N–H and O–H groups in total. The van der Waals surface area contributed by atoms with Gasteiger partial charge in [0, 0.05) is 32.4 Å². The number of amides is 1. The first-order chi connectivity index (χ1) is 12.2. The van der Waals surface area contributed by atoms with Gasteiger partial charge in [-0.15, -0.1) is 0 Å². The highest BCUT2D eigenvalue weighted by molar-refractivity contribution is 7.98. The maximum Gasteiger partial charge on any atom is 0.227 e. The van der Waals surface area contributed by atoms with E-state index in [1.54, 1.807) is 18.0 Å². The van der Waals surface area contributed by atoms with E-state index < -0.39 is 0 Å². The molecule has 0 radical (unpaired) electrons. The molecule has 1 fully saturated rings. The molecule has 1 saturated heterocycles. The predicted octanol–water partition coefficient (Wildman–Crippen LogP) is 2.61. The number of carbonyl (C=O) groups excluding carboxylic acids is 1. The number of fused-ring (bicyclic) bond motifs is 1. The molecule has 0 bridgehead atoms. The Bertz CT molecular complexity index is 782. The second-order valence-electron chi connectivity index (χ2n) is 6.61. The number of carbonyl (C=O) groups is 1. The Kier molecular flexibility index (Phi) is 4.61. The van der Waals surface area contributed by atoms with E-state index in [1.807, 2.05) is 17.2 Å². The molecule has 2 aromatic rings. The fourth-order valence-corrected chi connectivity index (χ4v) is 4.07. The SMILES string of the molecule is CSc1nccc(N2CCC(C(=O)N3CCc4ccccc4C3)C2)n1. The van der Waals surface area contributed by atoms with Crippen LogP contribution in [0.2, 0.25) is 0 Å². The van der Waals surface area contributed by atoms with Gasteiger partial charge in [-0.25, -0.2) is 9.97 Å². The number of anilines is 1. The lowest BCUT2D eigenvalue weighted by Crippen LogP contribution is -2.40. The van der Waals surface area contributed by atoms with Crippen LogP contribution in [0.25, 0.3) is 0 Å². The summed E-state index contributed by atoms with van der Waals surface area (Å²) >= 11 is 1.54. The van der Waals surface area contributed by atoms with Crippen LogP contribution >= 0.6 is 11.8 Å². The van der Waals surface area contributed by atoms with Crippen molar-refractivity contribution in [2.24, 2.45) is 5.92 Å². The van der Waals surface area contributed by atoms with Crippen LogP contribution in [0.5, 0.6) is 0 Å². The summed E-state index contributed by atoms with van der Waals surface area (Å²) in [5.74, 6) is 1.28. The molecule has 1 amide bonds. The first kappa shape index (κ1) is 16.4. The minimum Gasteiger partial charge on any atom is -0.356 e. The van der Waals surface area contributed by atoms with Crippen LogP contribution in [0.1, 0.15) is 17.5 Å². The zero-order chi connectivity index (χ0) is 17.2. The fourth-order valence-electron chi connectivity index (χ4n) is 3.72. The summed E-state index contributed by atoms with van der Waals surface area (Å²) in [5, 5.41) is 0.778. The van der Waals surface area contributed by atoms with Crippen molar-refractivity contribution in [3.05, 3.63) is 47.7 Å². The van der Waals surface area contributed by atoms with Crippen LogP contribution in [-0.2, 0) is 17.8 Å². The highest BCUT2D eigenvalue weighted by atomic mass is 32.2. The molecule has 1 unspecified atom stereocenters. The van der Waals surface area contributed by atoms with Gasteiger partial charge in [-0.05, 0) is 36.3 Å². The van der Waals surface area contributed by atoms with Gasteiger partial charge in [0.05, 0.1) is 5.92 Å². The third-order valence-electron chi connectivity index (χ3n) is 5.11. The van der Waals surface area contributed by atoms with Gasteiger partial charge < -0.3 is 9.80 Å². The van der Waals surface area contributed by atoms with Crippen molar-refractivity contribution in [2.75, 3.05) is 30.8 Å². The summed E-state index contributed by atoms with van der Waals surface area (Å²) in [6, 6.07) is 10.4. The zero-order valence-electron chi connectivity index (χ0n) is 14.4. The summed E-state index contributed by atoms with van der Waals surface area (Å²) in [7, 11) is 0. The Morgan fingerprint density at radius 2 is 2.04 bits per heavy atom. The van der Waals surface area contributed by atoms with Crippen LogP contribution in [-0.4, -0.2) is 46.7 Å². The lowest BCUT2D eigenvalue weighted by atomic mass is 9.98. The summed E-state index contributed by atoms with van der Waals surface area (Å²) in [6.07, 6.45) is 5.63. The second kappa shape index (κ2) is 7.04. The smallest absolute Gasteiger partial charge is 0.227 e. The molecule has 1 aromatic carbocycles. The Morgan fingerprint density at radius 1 is 1.20 bits per heavy atom. The first-order valence-corrected chi connectivity index (χ1v) is 9.94. The van der Waals surface area contributed by atoms with Crippen molar-refractivity contribution in [3.63, 3.8) is 0 Å². The van der Waals surface area contributed by atoms with Crippen molar-refractivity contribution in [2.45, 2.75) is 24.5 Å². The summed E-state index contributed by atoms with van der Waals surface area (Å²) in [5.41, 5.74) is 2.67. The molecule has 1 aromatic heterocycles. The summed E-state index contributed by atoms with van der Waals surface area (Å²) in [6.45, 7) is 3.21. The van der Waals surface area contributed by atoms with Crippen LogP contribution in [0.3, 0.4) is 0 Å². The fraction of sp³-hybridized carbons (Fsp3) is 0.421. The standard InChI is InChI=1S/C19H22N4OS/c1-25-19-20-9-6-17(21-19)22-10-8-16(13-22)18(24)23-11-7-14-4-2-3-5-15(14)12-23/h2-6,9,16H,7-8,10-13H2,1H3. The van der Waals surface area contributed by atoms with Crippen molar-refractivity contribution in [3.8, 4) is 0 Å². The number of hydrogen-bond acceptors (Lipinski definition) is 5. The largest absolute Gasteiger partial charge is 0.356 e. The monoisotopic (exact) mass is 354 g/mol. The second-order valence-corrected chi connectivity index (χ2v) is 7.39. The van der Waals surface area contributed by atoms with E-state index in [4.69, 9.17) is 0 Å². The van der Waals surface area contributed by atoms with Crippen molar-refractivity contribution in [1.82, 2.24) is 14.9 Å². The maximum absolute atomic E-state index is 13.0. The third kappa shape index (κ3) is 3.35. The van der Waals surface area contributed by atoms with Gasteiger partial charge in [0.25, 0.3) is 0 Å². The Labute approximate surface area is 152 Å². The van der Waals surface area contributed by atoms with E-state index in [1.165, 1.54) is 11.1 Å². The van der Waals surface area contributed by atoms with Gasteiger partial charge >= 0.3 is 0 Å². The molecule has 25 heavy (non-hydrogen) atoms. The number of nitrogens with zero attached hydrogens (tertiary/aromatic N) is 4. The van der Waals surface area contributed by atoms with Crippen LogP contribution in [0, 0.1) is 5.92 Å². The Balaban J connectivity index is 1.42. The quantitative estimate of drug-likeness (QED) is 0.626. The molecular formula is C19H22N4OS. The molecule has 130 valence electrons. The predicted molar refractivity (Wildman–Crippen MR) is 99.7 cm³/mol. The van der Waals surface area contributed by atoms with E-state index in [0.717, 1.165) is 50.0 Å². The lowest BCUT2D eigenvalue weighted by Gasteiger charge is -2.31. The van der Waals surface area contributed by atoms with Gasteiger partial charge in [-0.3, -0.25) is 4.79 Å². The van der Waals surface area contributed by atoms with E-state index in [-0.39, 0.29) is 11.8 Å². The molecule has 2 aliphatic rings. The number of benzene rings is 1. The minimum absolute atomic E-state index is 0.0676. The maximum atomic E-state index is 13.0. The summed E-state index contributed by atoms with van der Waals surface area (Å²) in [4.78, 5) is 26.0. The van der Waals surface area contributed by atoms with Crippen molar-refractivity contribution in [1.29, 1.82) is 0 Å². The van der Waals surface area contributed by atoms with E-state index >= 15 is 0 Å². The van der Waals surface area contributed by atoms with Gasteiger partial charge in [0.15, 0.2) is 5.16 Å². The zero-order valence-corrected chi connectivity index (χ0v) is 15.2. The van der Waals surface area contributed by atoms with Gasteiger partial charge in [0.2, 0.25) is 5.91 Å². The Morgan fingerprint density at radius 3 is 2.88 bits per heavy atom. The van der Waals surface area contributed by atoms with E-state index in [0.29, 0.717) is 0 Å². The number of hydrogen-bond donors (Lipinski definition) is 0. The molecule has 4 rings (SSSR count). The molecule has 5 nitrogen and oxygen atoms in total. The number of aromatic nitrogens is 2. The number of rotatable bonds is 3. The lowest BCUT2D eigenvalue weighted by molar-refractivity contribution is -0.135. The van der Waals surface area contributed by atoms with Crippen LogP contribution < -0.4 is 4.90 Å². The molecule has 0 spiro atoms. The van der Waals surface area contributed by atoms with Gasteiger partial charge in [0.1, 0.15) is 5.82 Å². The molecule has 0 aliphatic carbocycles. The highest BCUT2D eigenvalue weighted by Crippen LogP contribution is 2.27. The summed E-state index contributed by atoms with van der Waals surface area (Å²) < 4.78 is 0. The van der Waals surface area contributed by atoms with Gasteiger partial charge in [-0.2, -0.15) is 0 Å². The molecule has 3 heterocycles. The average Bonchev–Trinajstić information content (AvgIpc) is 3.17. The topological polar surface area (TPSA) is 49.3 Å². The van der Waals surface area contributed by atoms with E-state index in [9.17, 15) is 4.79 Å². The van der Waals surface area contributed by atoms with Crippen LogP contribution in [0.15, 0.2) is 41.7 Å². The molecule has 1 atom stereocenters. The van der Waals surface area contributed by atoms with Gasteiger partial charge in [-0.1, -0.05) is 36.0 Å². The highest BCUT2D eigenvalue weighted by Gasteiger charge is 2.33. The minimum atomic E-state index is 0.0676. The third-order valence-corrected chi connectivity index (χ3v) is 5.67. The normalized spacial score (nSPS) is 19.8. The van der Waals surface area contributed by atoms with Crippen molar-refractivity contribution < 1.29 is 4.79 Å². The van der Waals surface area contributed by atoms with Crippen molar-refractivity contribution >= 4 is 23.5 Å². The van der Waals surface area contributed by atoms with E-state index in [2.05, 4.69) is 39.1 Å². The molecule has 2 aliphatic heterocycles. The molecule has 6 heteroatoms. The molecule has 0 saturated carbocycles. The van der Waals surface area contributed by atoms with Crippen LogP contribution in [0.4, 0.5) is 5.82 Å². The first-order valence-electron chi connectivity index (χ1n) is 8.72.